The molecule has 2 aliphatic carbocycles. The fourth-order valence-electron chi connectivity index (χ4n) is 3.20. The van der Waals surface area contributed by atoms with Crippen LogP contribution in [0.25, 0.3) is 6.08 Å². The Kier molecular flexibility index (Phi) is 7.08. The summed E-state index contributed by atoms with van der Waals surface area (Å²) < 4.78 is 2.36. The van der Waals surface area contributed by atoms with Gasteiger partial charge in [0.1, 0.15) is 0 Å². The summed E-state index contributed by atoms with van der Waals surface area (Å²) in [4.78, 5) is 0. The maximum atomic E-state index is 2.47. The monoisotopic (exact) mass is 388 g/mol. The Morgan fingerprint density at radius 3 is 2.52 bits per heavy atom. The van der Waals surface area contributed by atoms with Gasteiger partial charge in [0.2, 0.25) is 0 Å². The van der Waals surface area contributed by atoms with E-state index in [9.17, 15) is 0 Å². The summed E-state index contributed by atoms with van der Waals surface area (Å²) in [5, 5.41) is 3.15. The van der Waals surface area contributed by atoms with Crippen LogP contribution in [-0.4, -0.2) is 0 Å². The van der Waals surface area contributed by atoms with E-state index in [1.807, 2.05) is 0 Å². The van der Waals surface area contributed by atoms with Gasteiger partial charge in [0.25, 0.3) is 0 Å². The number of aryl methyl sites for hydroxylation is 1. The number of allylic oxidation sites excluding steroid dienone is 5. The van der Waals surface area contributed by atoms with Crippen LogP contribution in [0, 0.1) is 6.92 Å². The summed E-state index contributed by atoms with van der Waals surface area (Å²) >= 11 is -0.138. The number of fused-ring (bicyclic) bond motifs is 1. The zero-order chi connectivity index (χ0) is 15.6. The summed E-state index contributed by atoms with van der Waals surface area (Å²) in [6.45, 7) is 2.24. The molecule has 25 heavy (non-hydrogen) atoms. The van der Waals surface area contributed by atoms with E-state index < -0.39 is 0 Å². The van der Waals surface area contributed by atoms with Crippen LogP contribution in [0.2, 0.25) is 0 Å². The van der Waals surface area contributed by atoms with Gasteiger partial charge in [-0.25, -0.2) is 0 Å². The van der Waals surface area contributed by atoms with Crippen LogP contribution in [-0.2, 0) is 19.2 Å². The van der Waals surface area contributed by atoms with Crippen LogP contribution in [0.1, 0.15) is 27.3 Å². The zero-order valence-electron chi connectivity index (χ0n) is 14.0. The van der Waals surface area contributed by atoms with Gasteiger partial charge in [-0.2, -0.15) is 0 Å². The molecule has 2 unspecified atom stereocenters. The molecule has 0 nitrogen and oxygen atoms in total. The van der Waals surface area contributed by atoms with Gasteiger partial charge in [-0.1, -0.05) is 0 Å². The van der Waals surface area contributed by atoms with E-state index in [0.29, 0.717) is 4.22 Å². The molecule has 126 valence electrons. The van der Waals surface area contributed by atoms with Crippen molar-refractivity contribution in [1.29, 1.82) is 0 Å². The third kappa shape index (κ3) is 4.26. The van der Waals surface area contributed by atoms with E-state index in [1.165, 1.54) is 22.9 Å². The second-order valence-electron chi connectivity index (χ2n) is 6.07. The number of benzene rings is 2. The van der Waals surface area contributed by atoms with Gasteiger partial charge in [-0.15, -0.1) is 0 Å². The smallest absolute Gasteiger partial charge is 1.00 e. The molecule has 0 N–H and O–H groups in total. The summed E-state index contributed by atoms with van der Waals surface area (Å²) in [6.07, 6.45) is 10.5. The van der Waals surface area contributed by atoms with Gasteiger partial charge in [-0.05, 0) is 0 Å². The van der Waals surface area contributed by atoms with Crippen molar-refractivity contribution in [3.63, 3.8) is 0 Å². The van der Waals surface area contributed by atoms with Crippen LogP contribution in [0.15, 0.2) is 76.0 Å². The van der Waals surface area contributed by atoms with Gasteiger partial charge in [0.15, 0.2) is 0 Å². The molecule has 0 amide bonds. The summed E-state index contributed by atoms with van der Waals surface area (Å²) in [6, 6.07) is 17.8. The molecule has 0 heterocycles. The van der Waals surface area contributed by atoms with Crippen molar-refractivity contribution in [1.82, 2.24) is 0 Å². The molecule has 4 heteroatoms. The first-order valence-electron chi connectivity index (χ1n) is 8.07. The van der Waals surface area contributed by atoms with Crippen LogP contribution in [0.5, 0.6) is 0 Å². The van der Waals surface area contributed by atoms with E-state index in [2.05, 4.69) is 79.8 Å². The van der Waals surface area contributed by atoms with E-state index in [4.69, 9.17) is 0 Å². The van der Waals surface area contributed by atoms with Crippen LogP contribution < -0.4 is 14.7 Å². The Morgan fingerprint density at radius 2 is 1.76 bits per heavy atom. The van der Waals surface area contributed by atoms with Crippen molar-refractivity contribution in [3.8, 4) is 0 Å². The molecule has 0 radical (unpaired) electrons. The minimum atomic E-state index is -0.138. The number of hydrogen-bond acceptors (Lipinski definition) is 0. The van der Waals surface area contributed by atoms with Crippen molar-refractivity contribution in [2.75, 3.05) is 0 Å². The van der Waals surface area contributed by atoms with Crippen molar-refractivity contribution in [3.05, 3.63) is 92.6 Å². The molecule has 2 aromatic carbocycles. The standard InChI is InChI=1S/C16H14P.C5H5.2FH.Ti/c1-12-6-2-5-9-16(12)17-15-10-13-7-3-4-8-14(13)11-15;1-2-4-5-3-1;;;/h2-11,17H,1H3;1-3H,4H2;2*1H;/q;;;;+2/p-2. The number of halogens is 2. The minimum absolute atomic E-state index is 0. The van der Waals surface area contributed by atoms with Crippen molar-refractivity contribution < 1.29 is 28.6 Å². The van der Waals surface area contributed by atoms with Crippen LogP contribution in [0.3, 0.4) is 0 Å². The third-order valence-corrected chi connectivity index (χ3v) is 9.04. The van der Waals surface area contributed by atoms with Crippen molar-refractivity contribution >= 4 is 20.0 Å². The Morgan fingerprint density at radius 1 is 1.00 bits per heavy atom. The van der Waals surface area contributed by atoms with E-state index in [-0.39, 0.29) is 28.6 Å². The Labute approximate surface area is 158 Å². The summed E-state index contributed by atoms with van der Waals surface area (Å²) in [5.41, 5.74) is 4.43. The third-order valence-electron chi connectivity index (χ3n) is 4.45. The minimum Gasteiger partial charge on any atom is -1.00 e. The second-order valence-corrected chi connectivity index (χ2v) is 9.79. The molecule has 0 saturated heterocycles. The Balaban J connectivity index is 0.00000113. The number of hydrogen-bond donors (Lipinski definition) is 0. The first-order chi connectivity index (χ1) is 11.3. The quantitative estimate of drug-likeness (QED) is 0.482. The molecule has 0 bridgehead atoms. The van der Waals surface area contributed by atoms with Crippen LogP contribution >= 0.6 is 8.58 Å². The normalized spacial score (nSPS) is 17.4. The van der Waals surface area contributed by atoms with Gasteiger partial charge < -0.3 is 9.41 Å². The molecular formula is C21H19F2PTi. The van der Waals surface area contributed by atoms with E-state index in [0.717, 1.165) is 8.58 Å². The fraction of sp³-hybridized carbons (Fsp3) is 0.143. The molecule has 0 aromatic heterocycles. The van der Waals surface area contributed by atoms with E-state index in [1.54, 1.807) is 14.8 Å². The fourth-order valence-corrected chi connectivity index (χ4v) is 7.40. The SMILES string of the molecule is Cc1ccccc1PC1=Cc2ccccc2[CH]1[Ti+2][C]1=CC=CC1.[F-].[F-]. The number of rotatable bonds is 4. The maximum absolute atomic E-state index is 2.47. The summed E-state index contributed by atoms with van der Waals surface area (Å²) in [5.74, 6) is 0. The van der Waals surface area contributed by atoms with Crippen LogP contribution in [0.4, 0.5) is 0 Å². The van der Waals surface area contributed by atoms with Gasteiger partial charge in [0.05, 0.1) is 0 Å². The topological polar surface area (TPSA) is 0 Å². The molecule has 0 saturated carbocycles. The largest absolute Gasteiger partial charge is 1.00 e. The molecule has 2 aromatic rings. The van der Waals surface area contributed by atoms with Crippen molar-refractivity contribution in [2.45, 2.75) is 17.6 Å². The van der Waals surface area contributed by atoms with Gasteiger partial charge in [-0.3, -0.25) is 0 Å². The first kappa shape index (κ1) is 20.0. The predicted octanol–water partition coefficient (Wildman–Crippen LogP) is -0.671. The Hall–Kier alpha value is -1.34. The average Bonchev–Trinajstić information content (AvgIpc) is 3.19. The molecular weight excluding hydrogens is 369 g/mol. The first-order valence-corrected chi connectivity index (χ1v) is 10.7. The zero-order valence-corrected chi connectivity index (χ0v) is 16.5. The molecule has 2 atom stereocenters. The second kappa shape index (κ2) is 8.85. The van der Waals surface area contributed by atoms with Gasteiger partial charge in [0, 0.05) is 0 Å². The van der Waals surface area contributed by atoms with Crippen molar-refractivity contribution in [2.24, 2.45) is 0 Å². The molecule has 4 rings (SSSR count). The molecule has 0 spiro atoms. The molecule has 0 fully saturated rings. The summed E-state index contributed by atoms with van der Waals surface area (Å²) in [7, 11) is 0.801. The maximum Gasteiger partial charge on any atom is -1.00 e. The predicted molar refractivity (Wildman–Crippen MR) is 98.1 cm³/mol. The van der Waals surface area contributed by atoms with Gasteiger partial charge >= 0.3 is 149 Å². The average molecular weight is 388 g/mol. The molecule has 0 aliphatic heterocycles. The Bertz CT molecular complexity index is 839. The molecule has 2 aliphatic rings. The van der Waals surface area contributed by atoms with E-state index >= 15 is 0 Å².